The van der Waals surface area contributed by atoms with Crippen molar-refractivity contribution < 1.29 is 9.90 Å². The van der Waals surface area contributed by atoms with Gasteiger partial charge in [-0.05, 0) is 0 Å². The maximum absolute atomic E-state index is 10.7. The minimum absolute atomic E-state index is 0.0406. The fourth-order valence-electron chi connectivity index (χ4n) is 0.377. The zero-order valence-electron chi connectivity index (χ0n) is 5.30. The summed E-state index contributed by atoms with van der Waals surface area (Å²) in [5, 5.41) is 8.38. The number of aliphatic hydroxyl groups excluding tert-OH is 1. The van der Waals surface area contributed by atoms with Gasteiger partial charge < -0.3 is 10.0 Å². The molecule has 0 unspecified atom stereocenters. The molecular weight excluding hydrogens is 233 g/mol. The van der Waals surface area contributed by atoms with E-state index in [4.69, 9.17) is 5.11 Å². The van der Waals surface area contributed by atoms with Crippen LogP contribution in [-0.4, -0.2) is 40.5 Å². The molecule has 0 radical (unpaired) electrons. The number of hydrogen-bond donors (Lipinski definition) is 1. The second-order valence-electron chi connectivity index (χ2n) is 1.67. The predicted molar refractivity (Wildman–Crippen MR) is 43.6 cm³/mol. The summed E-state index contributed by atoms with van der Waals surface area (Å²) in [4.78, 5) is 12.2. The van der Waals surface area contributed by atoms with Crippen molar-refractivity contribution in [3.05, 3.63) is 0 Å². The molecule has 0 aromatic rings. The van der Waals surface area contributed by atoms with Crippen molar-refractivity contribution >= 4 is 28.5 Å². The SMILES string of the molecule is CN(CCO)C(=O)CI. The molecule has 0 aromatic carbocycles. The van der Waals surface area contributed by atoms with E-state index in [2.05, 4.69) is 0 Å². The lowest BCUT2D eigenvalue weighted by atomic mass is 10.5. The van der Waals surface area contributed by atoms with Crippen molar-refractivity contribution in [2.24, 2.45) is 0 Å². The van der Waals surface area contributed by atoms with E-state index in [0.29, 0.717) is 11.0 Å². The van der Waals surface area contributed by atoms with Crippen molar-refractivity contribution in [2.45, 2.75) is 0 Å². The van der Waals surface area contributed by atoms with Crippen LogP contribution < -0.4 is 0 Å². The minimum atomic E-state index is 0.0406. The monoisotopic (exact) mass is 243 g/mol. The van der Waals surface area contributed by atoms with E-state index in [1.807, 2.05) is 22.6 Å². The van der Waals surface area contributed by atoms with Gasteiger partial charge in [-0.15, -0.1) is 0 Å². The van der Waals surface area contributed by atoms with E-state index in [9.17, 15) is 4.79 Å². The number of likely N-dealkylation sites (N-methyl/N-ethyl adjacent to an activating group) is 1. The Morgan fingerprint density at radius 2 is 2.33 bits per heavy atom. The van der Waals surface area contributed by atoms with Crippen LogP contribution in [0.3, 0.4) is 0 Å². The van der Waals surface area contributed by atoms with Gasteiger partial charge in [0.25, 0.3) is 0 Å². The summed E-state index contributed by atoms with van der Waals surface area (Å²) in [5.74, 6) is 0.0599. The minimum Gasteiger partial charge on any atom is -0.395 e. The Kier molecular flexibility index (Phi) is 5.07. The van der Waals surface area contributed by atoms with Gasteiger partial charge in [0, 0.05) is 13.6 Å². The van der Waals surface area contributed by atoms with E-state index in [-0.39, 0.29) is 12.5 Å². The first-order chi connectivity index (χ1) is 4.22. The van der Waals surface area contributed by atoms with Gasteiger partial charge in [-0.1, -0.05) is 22.6 Å². The van der Waals surface area contributed by atoms with Crippen LogP contribution >= 0.6 is 22.6 Å². The second kappa shape index (κ2) is 4.99. The molecule has 0 saturated heterocycles. The Labute approximate surface area is 68.2 Å². The molecule has 0 fully saturated rings. The second-order valence-corrected chi connectivity index (χ2v) is 2.44. The topological polar surface area (TPSA) is 40.5 Å². The lowest BCUT2D eigenvalue weighted by Gasteiger charge is -2.12. The van der Waals surface area contributed by atoms with Gasteiger partial charge in [-0.25, -0.2) is 0 Å². The van der Waals surface area contributed by atoms with Crippen LogP contribution in [0.5, 0.6) is 0 Å². The maximum Gasteiger partial charge on any atom is 0.232 e. The molecule has 0 saturated carbocycles. The molecule has 4 heteroatoms. The molecule has 0 bridgehead atoms. The first kappa shape index (κ1) is 9.16. The molecule has 0 spiro atoms. The standard InChI is InChI=1S/C5H10INO2/c1-7(2-3-8)5(9)4-6/h8H,2-4H2,1H3. The molecule has 0 aliphatic heterocycles. The molecule has 1 amide bonds. The van der Waals surface area contributed by atoms with Crippen LogP contribution in [0.25, 0.3) is 0 Å². The van der Waals surface area contributed by atoms with Crippen molar-refractivity contribution in [3.8, 4) is 0 Å². The van der Waals surface area contributed by atoms with Gasteiger partial charge in [0.05, 0.1) is 11.0 Å². The van der Waals surface area contributed by atoms with Gasteiger partial charge in [-0.2, -0.15) is 0 Å². The van der Waals surface area contributed by atoms with Gasteiger partial charge in [0.1, 0.15) is 0 Å². The Bertz CT molecular complexity index is 97.0. The van der Waals surface area contributed by atoms with Gasteiger partial charge in [-0.3, -0.25) is 4.79 Å². The van der Waals surface area contributed by atoms with E-state index >= 15 is 0 Å². The van der Waals surface area contributed by atoms with Crippen molar-refractivity contribution in [3.63, 3.8) is 0 Å². The zero-order valence-corrected chi connectivity index (χ0v) is 7.46. The first-order valence-electron chi connectivity index (χ1n) is 2.63. The molecule has 3 nitrogen and oxygen atoms in total. The van der Waals surface area contributed by atoms with Crippen LogP contribution in [-0.2, 0) is 4.79 Å². The third kappa shape index (κ3) is 3.69. The van der Waals surface area contributed by atoms with Crippen molar-refractivity contribution in [2.75, 3.05) is 24.6 Å². The number of aliphatic hydroxyl groups is 1. The van der Waals surface area contributed by atoms with Gasteiger partial charge in [0.15, 0.2) is 0 Å². The molecule has 0 atom stereocenters. The third-order valence-corrected chi connectivity index (χ3v) is 1.63. The van der Waals surface area contributed by atoms with Crippen molar-refractivity contribution in [1.82, 2.24) is 4.90 Å². The summed E-state index contributed by atoms with van der Waals surface area (Å²) in [6.45, 7) is 0.473. The Morgan fingerprint density at radius 1 is 1.78 bits per heavy atom. The number of halogens is 1. The summed E-state index contributed by atoms with van der Waals surface area (Å²) in [6, 6.07) is 0. The number of alkyl halides is 1. The number of carbonyl (C=O) groups excluding carboxylic acids is 1. The number of hydrogen-bond acceptors (Lipinski definition) is 2. The van der Waals surface area contributed by atoms with Crippen molar-refractivity contribution in [1.29, 1.82) is 0 Å². The maximum atomic E-state index is 10.7. The summed E-state index contributed by atoms with van der Waals surface area (Å²) < 4.78 is 0.480. The fourth-order valence-corrected chi connectivity index (χ4v) is 0.959. The number of rotatable bonds is 3. The summed E-state index contributed by atoms with van der Waals surface area (Å²) in [7, 11) is 1.68. The lowest BCUT2D eigenvalue weighted by molar-refractivity contribution is -0.127. The Hall–Kier alpha value is 0.160. The highest BCUT2D eigenvalue weighted by atomic mass is 127. The average Bonchev–Trinajstić information content (AvgIpc) is 1.87. The van der Waals surface area contributed by atoms with E-state index in [1.165, 1.54) is 4.90 Å². The fraction of sp³-hybridized carbons (Fsp3) is 0.800. The Balaban J connectivity index is 3.45. The van der Waals surface area contributed by atoms with Gasteiger partial charge >= 0.3 is 0 Å². The van der Waals surface area contributed by atoms with Crippen LogP contribution in [0.2, 0.25) is 0 Å². The molecule has 0 aliphatic rings. The number of amides is 1. The molecule has 0 heterocycles. The van der Waals surface area contributed by atoms with Crippen LogP contribution in [0, 0.1) is 0 Å². The van der Waals surface area contributed by atoms with E-state index < -0.39 is 0 Å². The number of nitrogens with zero attached hydrogens (tertiary/aromatic N) is 1. The first-order valence-corrected chi connectivity index (χ1v) is 4.15. The molecule has 1 N–H and O–H groups in total. The van der Waals surface area contributed by atoms with Crippen LogP contribution in [0.1, 0.15) is 0 Å². The highest BCUT2D eigenvalue weighted by molar-refractivity contribution is 14.1. The summed E-state index contributed by atoms with van der Waals surface area (Å²) in [5.41, 5.74) is 0. The largest absolute Gasteiger partial charge is 0.395 e. The highest BCUT2D eigenvalue weighted by Crippen LogP contribution is 1.88. The lowest BCUT2D eigenvalue weighted by Crippen LogP contribution is -2.30. The predicted octanol–water partition coefficient (Wildman–Crippen LogP) is -0.128. The average molecular weight is 243 g/mol. The Morgan fingerprint density at radius 3 is 2.67 bits per heavy atom. The summed E-state index contributed by atoms with van der Waals surface area (Å²) in [6.07, 6.45) is 0. The quantitative estimate of drug-likeness (QED) is 0.554. The zero-order chi connectivity index (χ0) is 7.28. The van der Waals surface area contributed by atoms with Crippen LogP contribution in [0.4, 0.5) is 0 Å². The van der Waals surface area contributed by atoms with Gasteiger partial charge in [0.2, 0.25) is 5.91 Å². The van der Waals surface area contributed by atoms with E-state index in [1.54, 1.807) is 7.05 Å². The smallest absolute Gasteiger partial charge is 0.232 e. The third-order valence-electron chi connectivity index (χ3n) is 0.975. The molecule has 54 valence electrons. The molecular formula is C5H10INO2. The van der Waals surface area contributed by atoms with E-state index in [0.717, 1.165) is 0 Å². The highest BCUT2D eigenvalue weighted by Gasteiger charge is 2.03. The molecule has 0 rings (SSSR count). The molecule has 0 aromatic heterocycles. The number of carbonyl (C=O) groups is 1. The summed E-state index contributed by atoms with van der Waals surface area (Å²) >= 11 is 2.00. The normalized spacial score (nSPS) is 9.22. The van der Waals surface area contributed by atoms with Crippen LogP contribution in [0.15, 0.2) is 0 Å². The molecule has 0 aliphatic carbocycles. The molecule has 9 heavy (non-hydrogen) atoms.